The smallest absolute Gasteiger partial charge is 0.251 e. The van der Waals surface area contributed by atoms with E-state index in [-0.39, 0.29) is 17.8 Å². The predicted octanol–water partition coefficient (Wildman–Crippen LogP) is 3.74. The molecule has 1 heterocycles. The third-order valence-corrected chi connectivity index (χ3v) is 4.14. The average molecular weight is 343 g/mol. The molecule has 0 unspecified atom stereocenters. The number of halogens is 1. The topological polar surface area (TPSA) is 47.6 Å². The highest BCUT2D eigenvalue weighted by molar-refractivity contribution is 5.94. The first-order valence-electron chi connectivity index (χ1n) is 8.62. The average Bonchev–Trinajstić information content (AvgIpc) is 3.02. The van der Waals surface area contributed by atoms with Gasteiger partial charge in [-0.2, -0.15) is 0 Å². The van der Waals surface area contributed by atoms with Crippen LogP contribution >= 0.6 is 0 Å². The fourth-order valence-electron chi connectivity index (χ4n) is 2.75. The van der Waals surface area contributed by atoms with Crippen LogP contribution in [0.25, 0.3) is 0 Å². The molecule has 2 aromatic rings. The molecule has 0 bridgehead atoms. The normalized spacial score (nSPS) is 15.4. The summed E-state index contributed by atoms with van der Waals surface area (Å²) in [6.45, 7) is 3.17. The second-order valence-electron chi connectivity index (χ2n) is 6.13. The molecule has 0 aliphatic carbocycles. The van der Waals surface area contributed by atoms with Gasteiger partial charge in [-0.1, -0.05) is 13.3 Å². The van der Waals surface area contributed by atoms with Crippen LogP contribution in [0, 0.1) is 5.82 Å². The minimum atomic E-state index is -0.270. The maximum atomic E-state index is 13.2. The summed E-state index contributed by atoms with van der Waals surface area (Å²) in [6.07, 6.45) is 2.52. The standard InChI is InChI=1S/C20H22FNO3/c1-2-3-10-24-17-7-4-14(5-8-17)20(23)22-13-18-12-15-11-16(21)6-9-19(15)25-18/h4-9,11,18H,2-3,10,12-13H2,1H3,(H,22,23)/t18-/m1/s1. The molecule has 25 heavy (non-hydrogen) atoms. The fraction of sp³-hybridized carbons (Fsp3) is 0.350. The summed E-state index contributed by atoms with van der Waals surface area (Å²) in [5.41, 5.74) is 1.41. The second-order valence-corrected chi connectivity index (χ2v) is 6.13. The van der Waals surface area contributed by atoms with Crippen molar-refractivity contribution >= 4 is 5.91 Å². The molecule has 2 aromatic carbocycles. The number of hydrogen-bond acceptors (Lipinski definition) is 3. The Morgan fingerprint density at radius 2 is 2.08 bits per heavy atom. The highest BCUT2D eigenvalue weighted by Gasteiger charge is 2.23. The number of unbranched alkanes of at least 4 members (excludes halogenated alkanes) is 1. The van der Waals surface area contributed by atoms with Crippen LogP contribution in [0.2, 0.25) is 0 Å². The molecule has 0 radical (unpaired) electrons. The van der Waals surface area contributed by atoms with E-state index in [0.717, 1.165) is 24.2 Å². The van der Waals surface area contributed by atoms with Gasteiger partial charge in [-0.25, -0.2) is 4.39 Å². The fourth-order valence-corrected chi connectivity index (χ4v) is 2.75. The van der Waals surface area contributed by atoms with Crippen molar-refractivity contribution in [3.63, 3.8) is 0 Å². The zero-order chi connectivity index (χ0) is 17.6. The van der Waals surface area contributed by atoms with Gasteiger partial charge in [0.1, 0.15) is 23.4 Å². The molecule has 5 heteroatoms. The first-order chi connectivity index (χ1) is 12.2. The van der Waals surface area contributed by atoms with E-state index >= 15 is 0 Å². The molecular weight excluding hydrogens is 321 g/mol. The molecule has 132 valence electrons. The zero-order valence-electron chi connectivity index (χ0n) is 14.3. The van der Waals surface area contributed by atoms with Gasteiger partial charge in [0, 0.05) is 17.5 Å². The molecule has 0 saturated carbocycles. The van der Waals surface area contributed by atoms with E-state index in [4.69, 9.17) is 9.47 Å². The number of fused-ring (bicyclic) bond motifs is 1. The summed E-state index contributed by atoms with van der Waals surface area (Å²) in [5, 5.41) is 2.86. The Morgan fingerprint density at radius 1 is 1.28 bits per heavy atom. The van der Waals surface area contributed by atoms with Gasteiger partial charge in [0.2, 0.25) is 0 Å². The summed E-state index contributed by atoms with van der Waals surface area (Å²) < 4.78 is 24.5. The summed E-state index contributed by atoms with van der Waals surface area (Å²) in [7, 11) is 0. The quantitative estimate of drug-likeness (QED) is 0.779. The Morgan fingerprint density at radius 3 is 2.84 bits per heavy atom. The molecule has 1 N–H and O–H groups in total. The zero-order valence-corrected chi connectivity index (χ0v) is 14.3. The number of benzene rings is 2. The molecule has 0 fully saturated rings. The van der Waals surface area contributed by atoms with Gasteiger partial charge in [0.05, 0.1) is 13.2 Å². The maximum Gasteiger partial charge on any atom is 0.251 e. The molecule has 0 aromatic heterocycles. The van der Waals surface area contributed by atoms with Crippen LogP contribution in [0.4, 0.5) is 4.39 Å². The number of nitrogens with one attached hydrogen (secondary N) is 1. The van der Waals surface area contributed by atoms with Crippen LogP contribution < -0.4 is 14.8 Å². The van der Waals surface area contributed by atoms with Gasteiger partial charge < -0.3 is 14.8 Å². The van der Waals surface area contributed by atoms with E-state index in [2.05, 4.69) is 12.2 Å². The van der Waals surface area contributed by atoms with Crippen molar-refractivity contribution in [2.24, 2.45) is 0 Å². The molecular formula is C20H22FNO3. The van der Waals surface area contributed by atoms with Gasteiger partial charge in [-0.05, 0) is 48.9 Å². The lowest BCUT2D eigenvalue weighted by Crippen LogP contribution is -2.34. The SMILES string of the molecule is CCCCOc1ccc(C(=O)NC[C@H]2Cc3cc(F)ccc3O2)cc1. The number of ether oxygens (including phenoxy) is 2. The van der Waals surface area contributed by atoms with Crippen molar-refractivity contribution < 1.29 is 18.7 Å². The summed E-state index contributed by atoms with van der Waals surface area (Å²) >= 11 is 0. The molecule has 3 rings (SSSR count). The van der Waals surface area contributed by atoms with Crippen LogP contribution in [0.15, 0.2) is 42.5 Å². The van der Waals surface area contributed by atoms with Crippen molar-refractivity contribution in [3.8, 4) is 11.5 Å². The Hall–Kier alpha value is -2.56. The number of carbonyl (C=O) groups excluding carboxylic acids is 1. The van der Waals surface area contributed by atoms with E-state index in [0.29, 0.717) is 30.9 Å². The second kappa shape index (κ2) is 8.01. The van der Waals surface area contributed by atoms with Gasteiger partial charge in [-0.3, -0.25) is 4.79 Å². The van der Waals surface area contributed by atoms with Gasteiger partial charge in [0.15, 0.2) is 0 Å². The Kier molecular flexibility index (Phi) is 5.53. The van der Waals surface area contributed by atoms with Gasteiger partial charge >= 0.3 is 0 Å². The van der Waals surface area contributed by atoms with Gasteiger partial charge in [-0.15, -0.1) is 0 Å². The minimum absolute atomic E-state index is 0.161. The van der Waals surface area contributed by atoms with Crippen molar-refractivity contribution in [2.45, 2.75) is 32.3 Å². The van der Waals surface area contributed by atoms with E-state index in [1.165, 1.54) is 12.1 Å². The lowest BCUT2D eigenvalue weighted by atomic mass is 10.1. The monoisotopic (exact) mass is 343 g/mol. The highest BCUT2D eigenvalue weighted by atomic mass is 19.1. The third kappa shape index (κ3) is 4.50. The van der Waals surface area contributed by atoms with Crippen LogP contribution in [0.1, 0.15) is 35.7 Å². The Bertz CT molecular complexity index is 730. The molecule has 1 aliphatic rings. The van der Waals surface area contributed by atoms with Crippen LogP contribution in [-0.2, 0) is 6.42 Å². The van der Waals surface area contributed by atoms with Crippen LogP contribution in [0.5, 0.6) is 11.5 Å². The summed E-state index contributed by atoms with van der Waals surface area (Å²) in [6, 6.07) is 11.6. The first-order valence-corrected chi connectivity index (χ1v) is 8.62. The first kappa shape index (κ1) is 17.3. The van der Waals surface area contributed by atoms with Crippen LogP contribution in [-0.4, -0.2) is 25.2 Å². The lowest BCUT2D eigenvalue weighted by Gasteiger charge is -2.12. The van der Waals surface area contributed by atoms with Crippen molar-refractivity contribution in [1.82, 2.24) is 5.32 Å². The number of amides is 1. The Labute approximate surface area is 147 Å². The predicted molar refractivity (Wildman–Crippen MR) is 93.7 cm³/mol. The largest absolute Gasteiger partial charge is 0.494 e. The summed E-state index contributed by atoms with van der Waals surface area (Å²) in [5.74, 6) is 1.02. The van der Waals surface area contributed by atoms with Gasteiger partial charge in [0.25, 0.3) is 5.91 Å². The van der Waals surface area contributed by atoms with Crippen molar-refractivity contribution in [3.05, 3.63) is 59.4 Å². The molecule has 4 nitrogen and oxygen atoms in total. The third-order valence-electron chi connectivity index (χ3n) is 4.14. The lowest BCUT2D eigenvalue weighted by molar-refractivity contribution is 0.0933. The molecule has 1 atom stereocenters. The van der Waals surface area contributed by atoms with E-state index in [1.807, 2.05) is 0 Å². The molecule has 1 aliphatic heterocycles. The number of hydrogen-bond donors (Lipinski definition) is 1. The maximum absolute atomic E-state index is 13.2. The van der Waals surface area contributed by atoms with Crippen molar-refractivity contribution in [1.29, 1.82) is 0 Å². The van der Waals surface area contributed by atoms with E-state index in [9.17, 15) is 9.18 Å². The molecule has 0 spiro atoms. The van der Waals surface area contributed by atoms with E-state index in [1.54, 1.807) is 30.3 Å². The van der Waals surface area contributed by atoms with Crippen LogP contribution in [0.3, 0.4) is 0 Å². The van der Waals surface area contributed by atoms with E-state index < -0.39 is 0 Å². The highest BCUT2D eigenvalue weighted by Crippen LogP contribution is 2.28. The number of carbonyl (C=O) groups is 1. The summed E-state index contributed by atoms with van der Waals surface area (Å²) in [4.78, 5) is 12.2. The molecule has 1 amide bonds. The number of rotatable bonds is 7. The molecule has 0 saturated heterocycles. The Balaban J connectivity index is 1.48. The minimum Gasteiger partial charge on any atom is -0.494 e. The van der Waals surface area contributed by atoms with Crippen molar-refractivity contribution in [2.75, 3.05) is 13.2 Å².